The summed E-state index contributed by atoms with van der Waals surface area (Å²) in [5.74, 6) is -1.39. The summed E-state index contributed by atoms with van der Waals surface area (Å²) in [6.07, 6.45) is 2.75. The molecule has 2 heterocycles. The molecule has 0 radical (unpaired) electrons. The minimum atomic E-state index is -0.704. The van der Waals surface area contributed by atoms with Gasteiger partial charge in [-0.2, -0.15) is 9.98 Å². The number of fused-ring (bicyclic) bond motifs is 2. The van der Waals surface area contributed by atoms with E-state index in [0.29, 0.717) is 11.0 Å². The zero-order valence-electron chi connectivity index (χ0n) is 13.1. The molecule has 0 aliphatic carbocycles. The highest BCUT2D eigenvalue weighted by Gasteiger charge is 2.15. The second-order valence-corrected chi connectivity index (χ2v) is 5.17. The molecule has 2 aromatic heterocycles. The molecule has 0 saturated carbocycles. The van der Waals surface area contributed by atoms with Gasteiger partial charge in [0, 0.05) is 12.1 Å². The van der Waals surface area contributed by atoms with Crippen molar-refractivity contribution in [2.24, 2.45) is 9.98 Å². The first-order valence-electron chi connectivity index (χ1n) is 7.25. The number of aromatic amines is 2. The maximum Gasteiger partial charge on any atom is 0.417 e. The molecule has 4 aromatic rings. The molecule has 11 nitrogen and oxygen atoms in total. The van der Waals surface area contributed by atoms with E-state index in [2.05, 4.69) is 20.0 Å². The van der Waals surface area contributed by atoms with Gasteiger partial charge in [-0.15, -0.1) is 0 Å². The number of rotatable bonds is 4. The van der Waals surface area contributed by atoms with Gasteiger partial charge >= 0.3 is 11.5 Å². The molecule has 0 saturated heterocycles. The average molecular weight is 366 g/mol. The molecule has 4 rings (SSSR count). The lowest BCUT2D eigenvalue weighted by atomic mass is 10.2. The van der Waals surface area contributed by atoms with Gasteiger partial charge in [-0.05, 0) is 12.1 Å². The quantitative estimate of drug-likeness (QED) is 0.414. The summed E-state index contributed by atoms with van der Waals surface area (Å²) in [5.41, 5.74) is 0.945. The number of benzene rings is 2. The van der Waals surface area contributed by atoms with Gasteiger partial charge in [-0.3, -0.25) is 9.97 Å². The van der Waals surface area contributed by atoms with Gasteiger partial charge in [-0.1, -0.05) is 0 Å². The molecular weight excluding hydrogens is 360 g/mol. The third-order valence-corrected chi connectivity index (χ3v) is 3.55. The van der Waals surface area contributed by atoms with Crippen molar-refractivity contribution >= 4 is 45.7 Å². The van der Waals surface area contributed by atoms with E-state index >= 15 is 0 Å². The molecule has 0 aliphatic rings. The van der Waals surface area contributed by atoms with Crippen LogP contribution in [0.4, 0.5) is 11.4 Å². The van der Waals surface area contributed by atoms with Crippen LogP contribution in [-0.2, 0) is 9.59 Å². The Morgan fingerprint density at radius 3 is 1.63 bits per heavy atom. The highest BCUT2D eigenvalue weighted by atomic mass is 16.5. The molecular formula is C16H6N4O7. The Hall–Kier alpha value is -4.46. The number of hydrogen-bond acceptors (Lipinski definition) is 9. The number of oxazole rings is 2. The summed E-state index contributed by atoms with van der Waals surface area (Å²) in [6.45, 7) is 0. The van der Waals surface area contributed by atoms with Gasteiger partial charge in [0.1, 0.15) is 11.4 Å². The lowest BCUT2D eigenvalue weighted by Crippen LogP contribution is -1.92. The average Bonchev–Trinajstić information content (AvgIpc) is 3.15. The molecule has 0 atom stereocenters. The van der Waals surface area contributed by atoms with Crippen LogP contribution in [0.25, 0.3) is 22.2 Å². The highest BCUT2D eigenvalue weighted by Crippen LogP contribution is 2.40. The Labute approximate surface area is 146 Å². The second kappa shape index (κ2) is 6.12. The molecule has 0 spiro atoms. The predicted molar refractivity (Wildman–Crippen MR) is 89.3 cm³/mol. The van der Waals surface area contributed by atoms with E-state index in [1.54, 1.807) is 0 Å². The van der Waals surface area contributed by atoms with Crippen LogP contribution in [0.5, 0.6) is 11.5 Å². The van der Waals surface area contributed by atoms with E-state index in [0.717, 1.165) is 0 Å². The van der Waals surface area contributed by atoms with E-state index in [-0.39, 0.29) is 34.0 Å². The number of hydrogen-bond donors (Lipinski definition) is 2. The van der Waals surface area contributed by atoms with Crippen molar-refractivity contribution in [3.63, 3.8) is 0 Å². The van der Waals surface area contributed by atoms with Crippen LogP contribution in [0, 0.1) is 0 Å². The Morgan fingerprint density at radius 1 is 0.778 bits per heavy atom. The number of ether oxygens (including phenoxy) is 1. The minimum Gasteiger partial charge on any atom is -0.452 e. The van der Waals surface area contributed by atoms with Gasteiger partial charge in [0.2, 0.25) is 12.2 Å². The first-order valence-corrected chi connectivity index (χ1v) is 7.25. The summed E-state index contributed by atoms with van der Waals surface area (Å²) >= 11 is 0. The Bertz CT molecular complexity index is 1300. The van der Waals surface area contributed by atoms with E-state index in [1.807, 2.05) is 0 Å². The van der Waals surface area contributed by atoms with Gasteiger partial charge in [0.05, 0.1) is 11.0 Å². The van der Waals surface area contributed by atoms with E-state index in [4.69, 9.17) is 13.6 Å². The molecule has 2 N–H and O–H groups in total. The minimum absolute atomic E-state index is 0.00758. The Kier molecular flexibility index (Phi) is 3.63. The first kappa shape index (κ1) is 16.0. The van der Waals surface area contributed by atoms with Crippen molar-refractivity contribution in [1.29, 1.82) is 0 Å². The second-order valence-electron chi connectivity index (χ2n) is 5.17. The topological polar surface area (TPSA) is 160 Å². The number of carbonyl (C=O) groups excluding carboxylic acids is 2. The number of isocyanates is 2. The molecule has 0 amide bonds. The number of aliphatic imine (C=N–C) groups is 2. The lowest BCUT2D eigenvalue weighted by molar-refractivity contribution is 0.481. The molecule has 132 valence electrons. The third-order valence-electron chi connectivity index (χ3n) is 3.55. The standard InChI is InChI=1S/C16H6N4O7/c21-5-17-7-1-9-13(26-15(23)19-9)3-11(7)25-12-4-14-10(20-16(24)27-14)2-8(12)18-6-22/h1-4H,(H,19,23)(H,20,24). The third kappa shape index (κ3) is 2.87. The Balaban J connectivity index is 1.92. The number of nitrogens with one attached hydrogen (secondary N) is 2. The lowest BCUT2D eigenvalue weighted by Gasteiger charge is -2.09. The maximum atomic E-state index is 11.3. The summed E-state index contributed by atoms with van der Waals surface area (Å²) in [6, 6.07) is 5.32. The fourth-order valence-corrected chi connectivity index (χ4v) is 2.49. The molecule has 0 bridgehead atoms. The van der Waals surface area contributed by atoms with Crippen LogP contribution >= 0.6 is 0 Å². The van der Waals surface area contributed by atoms with Gasteiger partial charge in [0.15, 0.2) is 22.7 Å². The van der Waals surface area contributed by atoms with Crippen LogP contribution < -0.4 is 16.2 Å². The molecule has 2 aromatic carbocycles. The molecule has 0 fully saturated rings. The highest BCUT2D eigenvalue weighted by molar-refractivity contribution is 5.83. The van der Waals surface area contributed by atoms with Crippen molar-refractivity contribution in [2.45, 2.75) is 0 Å². The summed E-state index contributed by atoms with van der Waals surface area (Å²) in [4.78, 5) is 56.0. The van der Waals surface area contributed by atoms with Gasteiger partial charge in [0.25, 0.3) is 0 Å². The maximum absolute atomic E-state index is 11.3. The number of aromatic nitrogens is 2. The molecule has 0 aliphatic heterocycles. The van der Waals surface area contributed by atoms with Gasteiger partial charge < -0.3 is 13.6 Å². The van der Waals surface area contributed by atoms with Crippen molar-refractivity contribution in [3.8, 4) is 11.5 Å². The fourth-order valence-electron chi connectivity index (χ4n) is 2.49. The summed E-state index contributed by atoms with van der Waals surface area (Å²) in [7, 11) is 0. The van der Waals surface area contributed by atoms with E-state index in [1.165, 1.54) is 36.4 Å². The smallest absolute Gasteiger partial charge is 0.417 e. The Morgan fingerprint density at radius 2 is 1.22 bits per heavy atom. The first-order chi connectivity index (χ1) is 13.1. The molecule has 0 unspecified atom stereocenters. The monoisotopic (exact) mass is 366 g/mol. The van der Waals surface area contributed by atoms with Crippen molar-refractivity contribution in [1.82, 2.24) is 9.97 Å². The zero-order chi connectivity index (χ0) is 19.0. The number of nitrogens with zero attached hydrogens (tertiary/aromatic N) is 2. The van der Waals surface area contributed by atoms with Crippen LogP contribution in [0.15, 0.2) is 52.7 Å². The van der Waals surface area contributed by atoms with Crippen molar-refractivity contribution < 1.29 is 23.2 Å². The van der Waals surface area contributed by atoms with Crippen LogP contribution in [0.3, 0.4) is 0 Å². The zero-order valence-corrected chi connectivity index (χ0v) is 13.1. The largest absolute Gasteiger partial charge is 0.452 e. The summed E-state index contributed by atoms with van der Waals surface area (Å²) in [5, 5.41) is 0. The SMILES string of the molecule is O=C=Nc1cc2[nH]c(=O)oc2cc1Oc1cc2oc(=O)[nH]c2cc1N=C=O. The van der Waals surface area contributed by atoms with Crippen LogP contribution in [0.2, 0.25) is 0 Å². The van der Waals surface area contributed by atoms with Crippen molar-refractivity contribution in [2.75, 3.05) is 0 Å². The van der Waals surface area contributed by atoms with E-state index < -0.39 is 11.5 Å². The predicted octanol–water partition coefficient (Wildman–Crippen LogP) is 2.28. The fraction of sp³-hybridized carbons (Fsp3) is 0. The van der Waals surface area contributed by atoms with Crippen LogP contribution in [-0.4, -0.2) is 22.1 Å². The van der Waals surface area contributed by atoms with Crippen molar-refractivity contribution in [3.05, 3.63) is 45.4 Å². The number of H-pyrrole nitrogens is 2. The molecule has 27 heavy (non-hydrogen) atoms. The summed E-state index contributed by atoms with van der Waals surface area (Å²) < 4.78 is 15.6. The van der Waals surface area contributed by atoms with E-state index in [9.17, 15) is 19.2 Å². The normalized spacial score (nSPS) is 10.5. The van der Waals surface area contributed by atoms with Gasteiger partial charge in [-0.25, -0.2) is 19.2 Å². The van der Waals surface area contributed by atoms with Crippen LogP contribution in [0.1, 0.15) is 0 Å². The molecule has 11 heteroatoms.